The third kappa shape index (κ3) is 3.62. The zero-order chi connectivity index (χ0) is 15.7. The summed E-state index contributed by atoms with van der Waals surface area (Å²) in [6, 6.07) is 11.4. The first-order valence-electron chi connectivity index (χ1n) is 7.50. The number of halogens is 2. The second kappa shape index (κ2) is 7.24. The molecule has 1 aliphatic rings. The lowest BCUT2D eigenvalue weighted by molar-refractivity contribution is 0.0932. The topological polar surface area (TPSA) is 55.1 Å². The van der Waals surface area contributed by atoms with E-state index in [4.69, 9.17) is 17.3 Å². The van der Waals surface area contributed by atoms with E-state index in [1.807, 2.05) is 31.2 Å². The average Bonchev–Trinajstić information content (AvgIpc) is 2.50. The highest BCUT2D eigenvalue weighted by Crippen LogP contribution is 2.31. The molecule has 1 aliphatic carbocycles. The van der Waals surface area contributed by atoms with Crippen molar-refractivity contribution in [3.63, 3.8) is 0 Å². The van der Waals surface area contributed by atoms with Crippen LogP contribution < -0.4 is 11.1 Å². The summed E-state index contributed by atoms with van der Waals surface area (Å²) in [6.07, 6.45) is 3.02. The van der Waals surface area contributed by atoms with Gasteiger partial charge in [-0.15, -0.1) is 12.4 Å². The summed E-state index contributed by atoms with van der Waals surface area (Å²) in [5.74, 6) is -0.0744. The minimum absolute atomic E-state index is 0. The summed E-state index contributed by atoms with van der Waals surface area (Å²) in [5, 5.41) is 3.76. The number of carbonyl (C=O) groups excluding carboxylic acids is 1. The molecule has 0 bridgehead atoms. The van der Waals surface area contributed by atoms with Gasteiger partial charge in [0.25, 0.3) is 5.91 Å². The predicted molar refractivity (Wildman–Crippen MR) is 97.4 cm³/mol. The summed E-state index contributed by atoms with van der Waals surface area (Å²) in [7, 11) is 0. The Morgan fingerprint density at radius 2 is 2.09 bits per heavy atom. The van der Waals surface area contributed by atoms with Gasteiger partial charge >= 0.3 is 0 Å². The molecule has 0 aliphatic heterocycles. The van der Waals surface area contributed by atoms with Gasteiger partial charge in [-0.3, -0.25) is 4.79 Å². The van der Waals surface area contributed by atoms with Gasteiger partial charge in [0.2, 0.25) is 0 Å². The van der Waals surface area contributed by atoms with Crippen LogP contribution in [0.1, 0.15) is 45.9 Å². The normalized spacial score (nSPS) is 16.2. The Morgan fingerprint density at radius 1 is 1.30 bits per heavy atom. The van der Waals surface area contributed by atoms with Crippen molar-refractivity contribution in [1.82, 2.24) is 5.32 Å². The molecule has 122 valence electrons. The van der Waals surface area contributed by atoms with E-state index in [0.29, 0.717) is 10.6 Å². The Morgan fingerprint density at radius 3 is 2.87 bits per heavy atom. The van der Waals surface area contributed by atoms with Crippen molar-refractivity contribution in [1.29, 1.82) is 0 Å². The van der Waals surface area contributed by atoms with Crippen LogP contribution in [0.4, 0.5) is 5.69 Å². The molecule has 3 nitrogen and oxygen atoms in total. The van der Waals surface area contributed by atoms with Gasteiger partial charge in [-0.25, -0.2) is 0 Å². The number of anilines is 1. The Bertz CT molecular complexity index is 731. The third-order valence-corrected chi connectivity index (χ3v) is 4.71. The van der Waals surface area contributed by atoms with E-state index in [2.05, 4.69) is 5.32 Å². The van der Waals surface area contributed by atoms with Crippen molar-refractivity contribution < 1.29 is 4.79 Å². The summed E-state index contributed by atoms with van der Waals surface area (Å²) < 4.78 is 0. The lowest BCUT2D eigenvalue weighted by Gasteiger charge is -2.27. The third-order valence-electron chi connectivity index (χ3n) is 4.30. The van der Waals surface area contributed by atoms with Crippen LogP contribution >= 0.6 is 24.0 Å². The summed E-state index contributed by atoms with van der Waals surface area (Å²) >= 11 is 6.11. The molecule has 1 atom stereocenters. The molecule has 0 saturated heterocycles. The van der Waals surface area contributed by atoms with Crippen LogP contribution in [0.3, 0.4) is 0 Å². The fourth-order valence-corrected chi connectivity index (χ4v) is 3.25. The van der Waals surface area contributed by atoms with Crippen LogP contribution in [-0.2, 0) is 6.42 Å². The molecule has 3 rings (SSSR count). The zero-order valence-corrected chi connectivity index (χ0v) is 14.5. The van der Waals surface area contributed by atoms with Crippen molar-refractivity contribution in [2.75, 3.05) is 5.73 Å². The number of nitrogens with one attached hydrogen (secondary N) is 1. The summed E-state index contributed by atoms with van der Waals surface area (Å²) in [6.45, 7) is 1.87. The number of rotatable bonds is 2. The monoisotopic (exact) mass is 350 g/mol. The van der Waals surface area contributed by atoms with Crippen LogP contribution in [0.25, 0.3) is 0 Å². The van der Waals surface area contributed by atoms with Crippen LogP contribution in [0, 0.1) is 6.92 Å². The first-order chi connectivity index (χ1) is 10.6. The molecule has 0 spiro atoms. The lowest BCUT2D eigenvalue weighted by atomic mass is 9.87. The molecule has 1 unspecified atom stereocenters. The highest BCUT2D eigenvalue weighted by molar-refractivity contribution is 6.31. The van der Waals surface area contributed by atoms with Crippen LogP contribution in [0.2, 0.25) is 5.02 Å². The van der Waals surface area contributed by atoms with Crippen LogP contribution in [0.15, 0.2) is 36.4 Å². The molecular formula is C18H20Cl2N2O. The number of benzene rings is 2. The fraction of sp³-hybridized carbons (Fsp3) is 0.278. The number of amides is 1. The summed E-state index contributed by atoms with van der Waals surface area (Å²) in [5.41, 5.74) is 10.5. The van der Waals surface area contributed by atoms with Gasteiger partial charge in [0, 0.05) is 16.3 Å². The van der Waals surface area contributed by atoms with E-state index in [-0.39, 0.29) is 24.4 Å². The quantitative estimate of drug-likeness (QED) is 0.785. The highest BCUT2D eigenvalue weighted by atomic mass is 35.5. The van der Waals surface area contributed by atoms with Gasteiger partial charge in [-0.2, -0.15) is 0 Å². The largest absolute Gasteiger partial charge is 0.399 e. The summed E-state index contributed by atoms with van der Waals surface area (Å²) in [4.78, 5) is 12.6. The lowest BCUT2D eigenvalue weighted by Crippen LogP contribution is -2.31. The van der Waals surface area contributed by atoms with Crippen LogP contribution in [-0.4, -0.2) is 5.91 Å². The Balaban J connectivity index is 0.00000192. The SMILES string of the molecule is Cc1c(Cl)cccc1C(=O)NC1CCCc2cc(N)ccc21.Cl. The predicted octanol–water partition coefficient (Wildman–Crippen LogP) is 4.46. The van der Waals surface area contributed by atoms with Crippen molar-refractivity contribution in [2.24, 2.45) is 0 Å². The Hall–Kier alpha value is -1.71. The van der Waals surface area contributed by atoms with E-state index in [1.54, 1.807) is 12.1 Å². The van der Waals surface area contributed by atoms with Gasteiger partial charge in [0.1, 0.15) is 0 Å². The maximum absolute atomic E-state index is 12.6. The fourth-order valence-electron chi connectivity index (χ4n) is 3.07. The van der Waals surface area contributed by atoms with E-state index >= 15 is 0 Å². The molecule has 3 N–H and O–H groups in total. The van der Waals surface area contributed by atoms with Gasteiger partial charge in [0.05, 0.1) is 6.04 Å². The van der Waals surface area contributed by atoms with Gasteiger partial charge in [-0.05, 0) is 67.1 Å². The van der Waals surface area contributed by atoms with Gasteiger partial charge in [0.15, 0.2) is 0 Å². The maximum atomic E-state index is 12.6. The number of fused-ring (bicyclic) bond motifs is 1. The second-order valence-corrected chi connectivity index (χ2v) is 6.20. The number of nitrogens with two attached hydrogens (primary N) is 1. The molecule has 0 radical (unpaired) electrons. The number of aryl methyl sites for hydroxylation is 1. The molecule has 0 aromatic heterocycles. The molecule has 23 heavy (non-hydrogen) atoms. The molecule has 1 amide bonds. The van der Waals surface area contributed by atoms with Crippen molar-refractivity contribution in [2.45, 2.75) is 32.2 Å². The molecular weight excluding hydrogens is 331 g/mol. The van der Waals surface area contributed by atoms with E-state index < -0.39 is 0 Å². The zero-order valence-electron chi connectivity index (χ0n) is 12.9. The standard InChI is InChI=1S/C18H19ClN2O.ClH/c1-11-14(5-3-6-16(11)19)18(22)21-17-7-2-4-12-10-13(20)8-9-15(12)17;/h3,5-6,8-10,17H,2,4,7,20H2,1H3,(H,21,22);1H. The molecule has 5 heteroatoms. The number of hydrogen-bond acceptors (Lipinski definition) is 2. The van der Waals surface area contributed by atoms with Gasteiger partial charge < -0.3 is 11.1 Å². The van der Waals surface area contributed by atoms with E-state index in [1.165, 1.54) is 11.1 Å². The smallest absolute Gasteiger partial charge is 0.252 e. The maximum Gasteiger partial charge on any atom is 0.252 e. The average molecular weight is 351 g/mol. The number of hydrogen-bond donors (Lipinski definition) is 2. The molecule has 2 aromatic rings. The molecule has 0 saturated carbocycles. The molecule has 0 fully saturated rings. The highest BCUT2D eigenvalue weighted by Gasteiger charge is 2.23. The van der Waals surface area contributed by atoms with E-state index in [0.717, 1.165) is 30.5 Å². The minimum atomic E-state index is -0.0744. The first kappa shape index (κ1) is 17.6. The Labute approximate surface area is 147 Å². The van der Waals surface area contributed by atoms with Gasteiger partial charge in [-0.1, -0.05) is 23.7 Å². The minimum Gasteiger partial charge on any atom is -0.399 e. The van der Waals surface area contributed by atoms with Crippen molar-refractivity contribution >= 4 is 35.6 Å². The second-order valence-electron chi connectivity index (χ2n) is 5.79. The number of nitrogen functional groups attached to an aromatic ring is 1. The van der Waals surface area contributed by atoms with E-state index in [9.17, 15) is 4.79 Å². The van der Waals surface area contributed by atoms with Crippen LogP contribution in [0.5, 0.6) is 0 Å². The van der Waals surface area contributed by atoms with Crippen molar-refractivity contribution in [3.8, 4) is 0 Å². The van der Waals surface area contributed by atoms with Crippen molar-refractivity contribution in [3.05, 3.63) is 63.7 Å². The molecule has 0 heterocycles. The molecule has 2 aromatic carbocycles. The first-order valence-corrected chi connectivity index (χ1v) is 7.88. The number of carbonyl (C=O) groups is 1. The Kier molecular flexibility index (Phi) is 5.55.